The third-order valence-electron chi connectivity index (χ3n) is 3.95. The second-order valence-electron chi connectivity index (χ2n) is 5.70. The van der Waals surface area contributed by atoms with Crippen LogP contribution in [0.5, 0.6) is 5.75 Å². The van der Waals surface area contributed by atoms with Gasteiger partial charge >= 0.3 is 0 Å². The lowest BCUT2D eigenvalue weighted by Crippen LogP contribution is -2.30. The highest BCUT2D eigenvalue weighted by Gasteiger charge is 2.17. The van der Waals surface area contributed by atoms with Gasteiger partial charge in [0.2, 0.25) is 11.8 Å². The molecule has 1 heterocycles. The van der Waals surface area contributed by atoms with Gasteiger partial charge in [0.15, 0.2) is 0 Å². The van der Waals surface area contributed by atoms with E-state index in [4.69, 9.17) is 4.74 Å². The zero-order valence-corrected chi connectivity index (χ0v) is 14.1. The largest absolute Gasteiger partial charge is 0.496 e. The summed E-state index contributed by atoms with van der Waals surface area (Å²) < 4.78 is 4.94. The molecule has 0 spiro atoms. The molecule has 1 aromatic rings. The van der Waals surface area contributed by atoms with Crippen LogP contribution in [0.3, 0.4) is 0 Å². The highest BCUT2D eigenvalue weighted by atomic mass is 16.6. The molecule has 1 N–H and O–H groups in total. The van der Waals surface area contributed by atoms with Crippen molar-refractivity contribution in [3.05, 3.63) is 40.5 Å². The van der Waals surface area contributed by atoms with E-state index in [1.807, 2.05) is 0 Å². The maximum absolute atomic E-state index is 12.1. The SMILES string of the molecule is COc1ccc(NC(=O)/C=C/C(=O)N2CCCCCC2)c([N+](=O)[O-])c1. The molecule has 1 aliphatic heterocycles. The number of amides is 2. The molecule has 1 aliphatic rings. The molecule has 134 valence electrons. The fourth-order valence-electron chi connectivity index (χ4n) is 2.61. The van der Waals surface area contributed by atoms with E-state index in [1.54, 1.807) is 4.90 Å². The van der Waals surface area contributed by atoms with Crippen LogP contribution in [0.2, 0.25) is 0 Å². The van der Waals surface area contributed by atoms with Gasteiger partial charge in [-0.05, 0) is 25.0 Å². The third-order valence-corrected chi connectivity index (χ3v) is 3.95. The standard InChI is InChI=1S/C17H21N3O5/c1-25-13-6-7-14(15(12-13)20(23)24)18-16(21)8-9-17(22)19-10-4-2-3-5-11-19/h6-9,12H,2-5,10-11H2,1H3,(H,18,21)/b9-8+. The Morgan fingerprint density at radius 1 is 1.20 bits per heavy atom. The topological polar surface area (TPSA) is 102 Å². The monoisotopic (exact) mass is 347 g/mol. The van der Waals surface area contributed by atoms with E-state index in [9.17, 15) is 19.7 Å². The highest BCUT2D eigenvalue weighted by Crippen LogP contribution is 2.28. The van der Waals surface area contributed by atoms with Crippen LogP contribution >= 0.6 is 0 Å². The van der Waals surface area contributed by atoms with Crippen molar-refractivity contribution in [2.45, 2.75) is 25.7 Å². The summed E-state index contributed by atoms with van der Waals surface area (Å²) in [5, 5.41) is 13.5. The number of carbonyl (C=O) groups excluding carboxylic acids is 2. The lowest BCUT2D eigenvalue weighted by atomic mass is 10.2. The second kappa shape index (κ2) is 8.81. The van der Waals surface area contributed by atoms with Gasteiger partial charge in [-0.25, -0.2) is 0 Å². The Bertz CT molecular complexity index is 679. The van der Waals surface area contributed by atoms with Crippen molar-refractivity contribution in [3.8, 4) is 5.75 Å². The van der Waals surface area contributed by atoms with Crippen LogP contribution in [-0.4, -0.2) is 41.8 Å². The number of likely N-dealkylation sites (tertiary alicyclic amines) is 1. The summed E-state index contributed by atoms with van der Waals surface area (Å²) in [7, 11) is 1.40. The molecule has 25 heavy (non-hydrogen) atoms. The van der Waals surface area contributed by atoms with E-state index >= 15 is 0 Å². The van der Waals surface area contributed by atoms with Gasteiger partial charge in [-0.3, -0.25) is 19.7 Å². The molecule has 0 unspecified atom stereocenters. The summed E-state index contributed by atoms with van der Waals surface area (Å²) in [5.74, 6) is -0.505. The Hall–Kier alpha value is -2.90. The smallest absolute Gasteiger partial charge is 0.296 e. The molecule has 1 saturated heterocycles. The fraction of sp³-hybridized carbons (Fsp3) is 0.412. The van der Waals surface area contributed by atoms with E-state index in [0.717, 1.165) is 31.8 Å². The van der Waals surface area contributed by atoms with Crippen molar-refractivity contribution >= 4 is 23.2 Å². The summed E-state index contributed by atoms with van der Waals surface area (Å²) in [6, 6.07) is 4.12. The molecule has 8 nitrogen and oxygen atoms in total. The molecule has 8 heteroatoms. The lowest BCUT2D eigenvalue weighted by Gasteiger charge is -2.17. The molecule has 2 rings (SSSR count). The molecule has 1 aromatic carbocycles. The second-order valence-corrected chi connectivity index (χ2v) is 5.70. The molecular weight excluding hydrogens is 326 g/mol. The van der Waals surface area contributed by atoms with Crippen molar-refractivity contribution in [2.75, 3.05) is 25.5 Å². The van der Waals surface area contributed by atoms with Crippen LogP contribution in [0.1, 0.15) is 25.7 Å². The number of hydrogen-bond acceptors (Lipinski definition) is 5. The first-order chi connectivity index (χ1) is 12.0. The maximum atomic E-state index is 12.1. The number of ether oxygens (including phenoxy) is 1. The third kappa shape index (κ3) is 5.30. The first-order valence-corrected chi connectivity index (χ1v) is 8.11. The van der Waals surface area contributed by atoms with E-state index in [1.165, 1.54) is 31.4 Å². The Morgan fingerprint density at radius 2 is 1.88 bits per heavy atom. The molecule has 0 aromatic heterocycles. The number of anilines is 1. The number of nitrogens with one attached hydrogen (secondary N) is 1. The number of rotatable bonds is 5. The summed E-state index contributed by atoms with van der Waals surface area (Å²) in [4.78, 5) is 36.3. The van der Waals surface area contributed by atoms with E-state index in [2.05, 4.69) is 5.32 Å². The minimum Gasteiger partial charge on any atom is -0.496 e. The van der Waals surface area contributed by atoms with Crippen LogP contribution in [-0.2, 0) is 9.59 Å². The molecule has 1 fully saturated rings. The predicted octanol–water partition coefficient (Wildman–Crippen LogP) is 2.50. The van der Waals surface area contributed by atoms with Crippen molar-refractivity contribution in [1.29, 1.82) is 0 Å². The first kappa shape index (κ1) is 18.4. The summed E-state index contributed by atoms with van der Waals surface area (Å²) >= 11 is 0. The van der Waals surface area contributed by atoms with Crippen LogP contribution in [0.15, 0.2) is 30.4 Å². The van der Waals surface area contributed by atoms with Crippen LogP contribution in [0, 0.1) is 10.1 Å². The number of carbonyl (C=O) groups is 2. The van der Waals surface area contributed by atoms with Gasteiger partial charge in [0.25, 0.3) is 5.69 Å². The van der Waals surface area contributed by atoms with Crippen molar-refractivity contribution in [1.82, 2.24) is 4.90 Å². The van der Waals surface area contributed by atoms with Gasteiger partial charge in [0, 0.05) is 25.2 Å². The Labute approximate surface area is 145 Å². The summed E-state index contributed by atoms with van der Waals surface area (Å²) in [6.07, 6.45) is 6.44. The van der Waals surface area contributed by atoms with Crippen LogP contribution in [0.4, 0.5) is 11.4 Å². The predicted molar refractivity (Wildman–Crippen MR) is 92.5 cm³/mol. The van der Waals surface area contributed by atoms with Gasteiger partial charge in [-0.2, -0.15) is 0 Å². The number of benzene rings is 1. The maximum Gasteiger partial charge on any atom is 0.296 e. The van der Waals surface area contributed by atoms with Crippen LogP contribution in [0.25, 0.3) is 0 Å². The number of hydrogen-bond donors (Lipinski definition) is 1. The van der Waals surface area contributed by atoms with Crippen molar-refractivity contribution in [2.24, 2.45) is 0 Å². The van der Waals surface area contributed by atoms with E-state index < -0.39 is 10.8 Å². The van der Waals surface area contributed by atoms with Gasteiger partial charge < -0.3 is 15.0 Å². The molecule has 0 atom stereocenters. The summed E-state index contributed by atoms with van der Waals surface area (Å²) in [6.45, 7) is 1.38. The van der Waals surface area contributed by atoms with E-state index in [0.29, 0.717) is 18.8 Å². The Morgan fingerprint density at radius 3 is 2.48 bits per heavy atom. The van der Waals surface area contributed by atoms with Gasteiger partial charge in [-0.15, -0.1) is 0 Å². The first-order valence-electron chi connectivity index (χ1n) is 8.11. The number of nitro groups is 1. The average molecular weight is 347 g/mol. The Balaban J connectivity index is 2.02. The molecule has 0 radical (unpaired) electrons. The minimum atomic E-state index is -0.607. The number of methoxy groups -OCH3 is 1. The minimum absolute atomic E-state index is 0.0441. The van der Waals surface area contributed by atoms with Crippen LogP contribution < -0.4 is 10.1 Å². The normalized spacial score (nSPS) is 14.8. The fourth-order valence-corrected chi connectivity index (χ4v) is 2.61. The van der Waals surface area contributed by atoms with Crippen molar-refractivity contribution in [3.63, 3.8) is 0 Å². The summed E-state index contributed by atoms with van der Waals surface area (Å²) in [5.41, 5.74) is -0.234. The van der Waals surface area contributed by atoms with E-state index in [-0.39, 0.29) is 17.3 Å². The number of nitrogens with zero attached hydrogens (tertiary/aromatic N) is 2. The highest BCUT2D eigenvalue weighted by molar-refractivity contribution is 6.04. The van der Waals surface area contributed by atoms with Gasteiger partial charge in [0.05, 0.1) is 18.1 Å². The van der Waals surface area contributed by atoms with Crippen molar-refractivity contribution < 1.29 is 19.2 Å². The molecular formula is C17H21N3O5. The molecule has 2 amide bonds. The average Bonchev–Trinajstić information content (AvgIpc) is 2.89. The Kier molecular flexibility index (Phi) is 6.50. The molecule has 0 saturated carbocycles. The number of nitro benzene ring substituents is 1. The quantitative estimate of drug-likeness (QED) is 0.501. The molecule has 0 bridgehead atoms. The van der Waals surface area contributed by atoms with Gasteiger partial charge in [-0.1, -0.05) is 12.8 Å². The molecule has 0 aliphatic carbocycles. The van der Waals surface area contributed by atoms with Gasteiger partial charge in [0.1, 0.15) is 11.4 Å². The lowest BCUT2D eigenvalue weighted by molar-refractivity contribution is -0.384. The zero-order chi connectivity index (χ0) is 18.2. The zero-order valence-electron chi connectivity index (χ0n) is 14.1.